The van der Waals surface area contributed by atoms with E-state index in [2.05, 4.69) is 15.0 Å². The van der Waals surface area contributed by atoms with E-state index in [-0.39, 0.29) is 5.56 Å². The first kappa shape index (κ1) is 11.0. The van der Waals surface area contributed by atoms with Crippen molar-refractivity contribution in [2.24, 2.45) is 5.92 Å². The Hall–Kier alpha value is -2.11. The van der Waals surface area contributed by atoms with E-state index in [1.807, 2.05) is 13.1 Å². The van der Waals surface area contributed by atoms with E-state index in [9.17, 15) is 4.79 Å². The molecule has 1 aliphatic carbocycles. The monoisotopic (exact) mass is 246 g/mol. The lowest BCUT2D eigenvalue weighted by molar-refractivity contribution is 0.0699. The second-order valence-electron chi connectivity index (χ2n) is 4.74. The van der Waals surface area contributed by atoms with Crippen molar-refractivity contribution < 1.29 is 9.90 Å². The molecular weight excluding hydrogens is 232 g/mol. The van der Waals surface area contributed by atoms with Gasteiger partial charge in [0, 0.05) is 19.8 Å². The van der Waals surface area contributed by atoms with Crippen LogP contribution in [0.3, 0.4) is 0 Å². The molecule has 2 aromatic rings. The summed E-state index contributed by atoms with van der Waals surface area (Å²) < 4.78 is 1.48. The maximum atomic E-state index is 11.0. The van der Waals surface area contributed by atoms with Gasteiger partial charge in [-0.05, 0) is 24.8 Å². The minimum Gasteiger partial charge on any atom is -0.477 e. The van der Waals surface area contributed by atoms with Crippen molar-refractivity contribution in [1.29, 1.82) is 0 Å². The van der Waals surface area contributed by atoms with E-state index in [4.69, 9.17) is 5.11 Å². The van der Waals surface area contributed by atoms with Crippen LogP contribution in [0.5, 0.6) is 0 Å². The van der Waals surface area contributed by atoms with Crippen LogP contribution in [-0.2, 0) is 0 Å². The molecule has 0 unspecified atom stereocenters. The highest BCUT2D eigenvalue weighted by atomic mass is 16.4. The lowest BCUT2D eigenvalue weighted by Crippen LogP contribution is -2.21. The topological polar surface area (TPSA) is 70.7 Å². The normalized spacial score (nSPS) is 14.9. The molecule has 0 radical (unpaired) electrons. The molecule has 1 aliphatic rings. The number of fused-ring (bicyclic) bond motifs is 1. The molecule has 18 heavy (non-hydrogen) atoms. The zero-order chi connectivity index (χ0) is 12.7. The van der Waals surface area contributed by atoms with Crippen molar-refractivity contribution >= 4 is 17.4 Å². The summed E-state index contributed by atoms with van der Waals surface area (Å²) in [5.41, 5.74) is 0.527. The van der Waals surface area contributed by atoms with Crippen molar-refractivity contribution in [1.82, 2.24) is 14.6 Å². The van der Waals surface area contributed by atoms with Gasteiger partial charge in [0.05, 0.1) is 6.20 Å². The molecule has 0 bridgehead atoms. The third-order valence-electron chi connectivity index (χ3n) is 3.20. The number of aromatic nitrogens is 3. The molecule has 0 atom stereocenters. The molecule has 6 heteroatoms. The fourth-order valence-electron chi connectivity index (χ4n) is 2.00. The van der Waals surface area contributed by atoms with Gasteiger partial charge in [0.2, 0.25) is 0 Å². The van der Waals surface area contributed by atoms with Gasteiger partial charge in [0.15, 0.2) is 5.65 Å². The molecule has 0 saturated heterocycles. The van der Waals surface area contributed by atoms with Crippen LogP contribution in [0.4, 0.5) is 5.82 Å². The summed E-state index contributed by atoms with van der Waals surface area (Å²) in [4.78, 5) is 17.5. The third-order valence-corrected chi connectivity index (χ3v) is 3.20. The van der Waals surface area contributed by atoms with Crippen molar-refractivity contribution in [3.05, 3.63) is 24.0 Å². The van der Waals surface area contributed by atoms with E-state index in [0.717, 1.165) is 18.3 Å². The SMILES string of the molecule is CN(CC1CC1)c1ccn2ncc(C(=O)O)c2n1. The largest absolute Gasteiger partial charge is 0.477 e. The number of rotatable bonds is 4. The Morgan fingerprint density at radius 3 is 3.06 bits per heavy atom. The maximum Gasteiger partial charge on any atom is 0.341 e. The molecule has 6 nitrogen and oxygen atoms in total. The fourth-order valence-corrected chi connectivity index (χ4v) is 2.00. The summed E-state index contributed by atoms with van der Waals surface area (Å²) in [5.74, 6) is 0.550. The molecule has 3 rings (SSSR count). The quantitative estimate of drug-likeness (QED) is 0.879. The Morgan fingerprint density at radius 1 is 1.61 bits per heavy atom. The molecule has 2 heterocycles. The van der Waals surface area contributed by atoms with Crippen LogP contribution < -0.4 is 4.90 Å². The van der Waals surface area contributed by atoms with Gasteiger partial charge < -0.3 is 10.0 Å². The van der Waals surface area contributed by atoms with Gasteiger partial charge in [-0.15, -0.1) is 0 Å². The van der Waals surface area contributed by atoms with Gasteiger partial charge in [-0.25, -0.2) is 14.3 Å². The molecule has 0 aliphatic heterocycles. The van der Waals surface area contributed by atoms with Gasteiger partial charge in [-0.1, -0.05) is 0 Å². The minimum absolute atomic E-state index is 0.136. The molecule has 1 saturated carbocycles. The third kappa shape index (κ3) is 1.90. The zero-order valence-electron chi connectivity index (χ0n) is 10.1. The van der Waals surface area contributed by atoms with Crippen LogP contribution in [0.2, 0.25) is 0 Å². The van der Waals surface area contributed by atoms with Crippen molar-refractivity contribution in [3.63, 3.8) is 0 Å². The number of carboxylic acid groups (broad SMARTS) is 1. The van der Waals surface area contributed by atoms with Gasteiger partial charge in [0.25, 0.3) is 0 Å². The standard InChI is InChI=1S/C12H14N4O2/c1-15(7-8-2-3-8)10-4-5-16-11(14-10)9(6-13-16)12(17)18/h4-6,8H,2-3,7H2,1H3,(H,17,18). The number of nitrogens with zero attached hydrogens (tertiary/aromatic N) is 4. The summed E-state index contributed by atoms with van der Waals surface area (Å²) in [7, 11) is 1.98. The van der Waals surface area contributed by atoms with E-state index in [0.29, 0.717) is 5.65 Å². The first-order valence-corrected chi connectivity index (χ1v) is 5.94. The summed E-state index contributed by atoms with van der Waals surface area (Å²) >= 11 is 0. The van der Waals surface area contributed by atoms with Gasteiger partial charge in [0.1, 0.15) is 11.4 Å². The van der Waals surface area contributed by atoms with Crippen LogP contribution in [0.1, 0.15) is 23.2 Å². The molecule has 0 spiro atoms. The lowest BCUT2D eigenvalue weighted by Gasteiger charge is -2.17. The van der Waals surface area contributed by atoms with Crippen LogP contribution in [0.25, 0.3) is 5.65 Å². The first-order valence-electron chi connectivity index (χ1n) is 5.94. The number of aromatic carboxylic acids is 1. The van der Waals surface area contributed by atoms with Crippen LogP contribution in [0.15, 0.2) is 18.5 Å². The van der Waals surface area contributed by atoms with Crippen LogP contribution in [0, 0.1) is 5.92 Å². The highest BCUT2D eigenvalue weighted by molar-refractivity contribution is 5.94. The summed E-state index contributed by atoms with van der Waals surface area (Å²) in [6.07, 6.45) is 5.63. The first-order chi connectivity index (χ1) is 8.65. The molecule has 0 aromatic carbocycles. The van der Waals surface area contributed by atoms with E-state index >= 15 is 0 Å². The highest BCUT2D eigenvalue weighted by Crippen LogP contribution is 2.30. The molecule has 2 aromatic heterocycles. The summed E-state index contributed by atoms with van der Waals surface area (Å²) in [5, 5.41) is 13.0. The van der Waals surface area contributed by atoms with E-state index < -0.39 is 5.97 Å². The van der Waals surface area contributed by atoms with Gasteiger partial charge >= 0.3 is 5.97 Å². The summed E-state index contributed by atoms with van der Waals surface area (Å²) in [6, 6.07) is 1.86. The maximum absolute atomic E-state index is 11.0. The predicted molar refractivity (Wildman–Crippen MR) is 65.9 cm³/mol. The molecule has 1 N–H and O–H groups in total. The fraction of sp³-hybridized carbons (Fsp3) is 0.417. The van der Waals surface area contributed by atoms with Crippen molar-refractivity contribution in [2.75, 3.05) is 18.5 Å². The molecular formula is C12H14N4O2. The van der Waals surface area contributed by atoms with Crippen LogP contribution in [-0.4, -0.2) is 39.3 Å². The number of carboxylic acids is 1. The molecule has 0 amide bonds. The Bertz CT molecular complexity index is 603. The second kappa shape index (κ2) is 3.97. The lowest BCUT2D eigenvalue weighted by atomic mass is 10.3. The van der Waals surface area contributed by atoms with E-state index in [1.165, 1.54) is 23.6 Å². The predicted octanol–water partition coefficient (Wildman–Crippen LogP) is 1.27. The average molecular weight is 246 g/mol. The smallest absolute Gasteiger partial charge is 0.341 e. The van der Waals surface area contributed by atoms with Crippen molar-refractivity contribution in [3.8, 4) is 0 Å². The number of hydrogen-bond acceptors (Lipinski definition) is 4. The van der Waals surface area contributed by atoms with E-state index in [1.54, 1.807) is 6.20 Å². The van der Waals surface area contributed by atoms with Gasteiger partial charge in [-0.3, -0.25) is 0 Å². The Balaban J connectivity index is 1.97. The number of carbonyl (C=O) groups is 1. The average Bonchev–Trinajstić information content (AvgIpc) is 3.05. The Kier molecular flexibility index (Phi) is 2.43. The highest BCUT2D eigenvalue weighted by Gasteiger charge is 2.23. The number of hydrogen-bond donors (Lipinski definition) is 1. The minimum atomic E-state index is -1.00. The number of anilines is 1. The zero-order valence-corrected chi connectivity index (χ0v) is 10.1. The van der Waals surface area contributed by atoms with Crippen molar-refractivity contribution in [2.45, 2.75) is 12.8 Å². The molecule has 1 fully saturated rings. The molecule has 94 valence electrons. The summed E-state index contributed by atoms with van der Waals surface area (Å²) in [6.45, 7) is 0.972. The Labute approximate surface area is 104 Å². The van der Waals surface area contributed by atoms with Gasteiger partial charge in [-0.2, -0.15) is 5.10 Å². The van der Waals surface area contributed by atoms with Crippen LogP contribution >= 0.6 is 0 Å². The second-order valence-corrected chi connectivity index (χ2v) is 4.74. The Morgan fingerprint density at radius 2 is 2.39 bits per heavy atom.